The summed E-state index contributed by atoms with van der Waals surface area (Å²) in [4.78, 5) is 14.0. The molecule has 0 aromatic carbocycles. The molecular weight excluding hydrogens is 242 g/mol. The number of nitrogens with one attached hydrogen (secondary N) is 1. The number of rotatable bonds is 6. The van der Waals surface area contributed by atoms with E-state index in [2.05, 4.69) is 22.6 Å². The molecule has 0 unspecified atom stereocenters. The van der Waals surface area contributed by atoms with E-state index < -0.39 is 0 Å². The van der Waals surface area contributed by atoms with E-state index >= 15 is 0 Å². The lowest BCUT2D eigenvalue weighted by atomic mass is 9.96. The Bertz CT molecular complexity index is 370. The van der Waals surface area contributed by atoms with Crippen LogP contribution in [0.25, 0.3) is 0 Å². The number of piperidine rings is 1. The molecule has 1 fully saturated rings. The molecule has 1 aromatic heterocycles. The highest BCUT2D eigenvalue weighted by Crippen LogP contribution is 2.17. The van der Waals surface area contributed by atoms with Gasteiger partial charge in [0.05, 0.1) is 12.7 Å². The van der Waals surface area contributed by atoms with E-state index in [0.717, 1.165) is 44.9 Å². The van der Waals surface area contributed by atoms with Gasteiger partial charge in [-0.05, 0) is 31.8 Å². The van der Waals surface area contributed by atoms with E-state index in [0.29, 0.717) is 13.0 Å². The van der Waals surface area contributed by atoms with Crippen LogP contribution in [0.4, 0.5) is 0 Å². The van der Waals surface area contributed by atoms with Crippen LogP contribution in [-0.2, 0) is 11.3 Å². The van der Waals surface area contributed by atoms with Gasteiger partial charge in [0.2, 0.25) is 5.91 Å². The molecule has 1 N–H and O–H groups in total. The first-order valence-corrected chi connectivity index (χ1v) is 7.12. The van der Waals surface area contributed by atoms with Gasteiger partial charge < -0.3 is 10.2 Å². The molecule has 1 aliphatic heterocycles. The molecule has 19 heavy (non-hydrogen) atoms. The second-order valence-corrected chi connectivity index (χ2v) is 5.05. The van der Waals surface area contributed by atoms with Gasteiger partial charge in [-0.15, -0.1) is 5.10 Å². The maximum absolute atomic E-state index is 12.1. The molecule has 1 saturated heterocycles. The zero-order chi connectivity index (χ0) is 13.5. The second-order valence-electron chi connectivity index (χ2n) is 5.05. The molecule has 1 amide bonds. The van der Waals surface area contributed by atoms with E-state index in [1.165, 1.54) is 0 Å². The van der Waals surface area contributed by atoms with Crippen LogP contribution in [-0.4, -0.2) is 52.0 Å². The largest absolute Gasteiger partial charge is 0.343 e. The van der Waals surface area contributed by atoms with Crippen LogP contribution >= 0.6 is 0 Å². The van der Waals surface area contributed by atoms with Crippen LogP contribution in [0.15, 0.2) is 12.4 Å². The molecule has 0 aliphatic carbocycles. The monoisotopic (exact) mass is 265 g/mol. The number of hydrogen-bond donors (Lipinski definition) is 1. The number of aromatic nitrogens is 3. The SMILES string of the molecule is CCNCC1CCN(C(=O)CCn2ccnn2)CC1. The molecule has 1 aromatic rings. The smallest absolute Gasteiger partial charge is 0.224 e. The van der Waals surface area contributed by atoms with Gasteiger partial charge in [-0.25, -0.2) is 0 Å². The summed E-state index contributed by atoms with van der Waals surface area (Å²) in [6.45, 7) is 6.64. The minimum absolute atomic E-state index is 0.234. The maximum atomic E-state index is 12.1. The van der Waals surface area contributed by atoms with Gasteiger partial charge in [-0.1, -0.05) is 12.1 Å². The van der Waals surface area contributed by atoms with Gasteiger partial charge >= 0.3 is 0 Å². The fourth-order valence-electron chi connectivity index (χ4n) is 2.46. The first kappa shape index (κ1) is 14.0. The molecule has 0 saturated carbocycles. The van der Waals surface area contributed by atoms with Crippen molar-refractivity contribution in [2.24, 2.45) is 5.92 Å². The number of hydrogen-bond acceptors (Lipinski definition) is 4. The van der Waals surface area contributed by atoms with Gasteiger partial charge in [0.25, 0.3) is 0 Å². The zero-order valence-corrected chi connectivity index (χ0v) is 11.6. The van der Waals surface area contributed by atoms with Crippen LogP contribution < -0.4 is 5.32 Å². The first-order chi connectivity index (χ1) is 9.29. The summed E-state index contributed by atoms with van der Waals surface area (Å²) in [5, 5.41) is 11.0. The van der Waals surface area contributed by atoms with Crippen molar-refractivity contribution >= 4 is 5.91 Å². The third-order valence-corrected chi connectivity index (χ3v) is 3.68. The number of amides is 1. The molecule has 2 rings (SSSR count). The summed E-state index contributed by atoms with van der Waals surface area (Å²) < 4.78 is 1.70. The van der Waals surface area contributed by atoms with Gasteiger partial charge in [-0.2, -0.15) is 0 Å². The summed E-state index contributed by atoms with van der Waals surface area (Å²) in [7, 11) is 0. The molecule has 0 atom stereocenters. The fourth-order valence-corrected chi connectivity index (χ4v) is 2.46. The predicted octanol–water partition coefficient (Wildman–Crippen LogP) is 0.516. The Labute approximate surface area is 114 Å². The highest BCUT2D eigenvalue weighted by molar-refractivity contribution is 5.76. The molecule has 6 nitrogen and oxygen atoms in total. The van der Waals surface area contributed by atoms with E-state index in [9.17, 15) is 4.79 Å². The Balaban J connectivity index is 1.67. The summed E-state index contributed by atoms with van der Waals surface area (Å²) in [5.74, 6) is 0.955. The average Bonchev–Trinajstić information content (AvgIpc) is 2.96. The summed E-state index contributed by atoms with van der Waals surface area (Å²) in [5.41, 5.74) is 0. The van der Waals surface area contributed by atoms with Crippen LogP contribution in [0.1, 0.15) is 26.2 Å². The quantitative estimate of drug-likeness (QED) is 0.814. The lowest BCUT2D eigenvalue weighted by Gasteiger charge is -2.32. The van der Waals surface area contributed by atoms with Gasteiger partial charge in [0.15, 0.2) is 0 Å². The van der Waals surface area contributed by atoms with E-state index in [1.54, 1.807) is 17.1 Å². The number of nitrogens with zero attached hydrogens (tertiary/aromatic N) is 4. The van der Waals surface area contributed by atoms with Crippen LogP contribution in [0.3, 0.4) is 0 Å². The van der Waals surface area contributed by atoms with Crippen molar-refractivity contribution in [3.05, 3.63) is 12.4 Å². The molecule has 0 spiro atoms. The molecule has 2 heterocycles. The standard InChI is InChI=1S/C13H23N5O/c1-2-14-11-12-3-7-17(8-4-12)13(19)5-9-18-10-6-15-16-18/h6,10,12,14H,2-5,7-9,11H2,1H3. The Morgan fingerprint density at radius 1 is 1.42 bits per heavy atom. The molecule has 106 valence electrons. The van der Waals surface area contributed by atoms with Crippen molar-refractivity contribution in [1.29, 1.82) is 0 Å². The third kappa shape index (κ3) is 4.31. The lowest BCUT2D eigenvalue weighted by molar-refractivity contribution is -0.132. The van der Waals surface area contributed by atoms with Crippen LogP contribution in [0.2, 0.25) is 0 Å². The van der Waals surface area contributed by atoms with Crippen molar-refractivity contribution in [3.63, 3.8) is 0 Å². The van der Waals surface area contributed by atoms with Crippen molar-refractivity contribution in [1.82, 2.24) is 25.2 Å². The van der Waals surface area contributed by atoms with Gasteiger partial charge in [-0.3, -0.25) is 9.48 Å². The maximum Gasteiger partial charge on any atom is 0.224 e. The molecule has 0 bridgehead atoms. The Morgan fingerprint density at radius 2 is 2.21 bits per heavy atom. The average molecular weight is 265 g/mol. The Hall–Kier alpha value is -1.43. The third-order valence-electron chi connectivity index (χ3n) is 3.68. The summed E-state index contributed by atoms with van der Waals surface area (Å²) >= 11 is 0. The Morgan fingerprint density at radius 3 is 2.84 bits per heavy atom. The fraction of sp³-hybridized carbons (Fsp3) is 0.769. The van der Waals surface area contributed by atoms with Gasteiger partial charge in [0.1, 0.15) is 0 Å². The van der Waals surface area contributed by atoms with Crippen LogP contribution in [0.5, 0.6) is 0 Å². The molecule has 0 radical (unpaired) electrons. The predicted molar refractivity (Wildman–Crippen MR) is 72.5 cm³/mol. The number of carbonyl (C=O) groups excluding carboxylic acids is 1. The minimum atomic E-state index is 0.234. The molecular formula is C13H23N5O. The Kier molecular flexibility index (Phi) is 5.32. The minimum Gasteiger partial charge on any atom is -0.343 e. The normalized spacial score (nSPS) is 16.8. The van der Waals surface area contributed by atoms with Crippen molar-refractivity contribution < 1.29 is 4.79 Å². The summed E-state index contributed by atoms with van der Waals surface area (Å²) in [6, 6.07) is 0. The molecule has 1 aliphatic rings. The van der Waals surface area contributed by atoms with Crippen molar-refractivity contribution in [2.75, 3.05) is 26.2 Å². The topological polar surface area (TPSA) is 63.1 Å². The highest BCUT2D eigenvalue weighted by Gasteiger charge is 2.22. The highest BCUT2D eigenvalue weighted by atomic mass is 16.2. The number of carbonyl (C=O) groups is 1. The second kappa shape index (κ2) is 7.23. The lowest BCUT2D eigenvalue weighted by Crippen LogP contribution is -2.41. The molecule has 6 heteroatoms. The summed E-state index contributed by atoms with van der Waals surface area (Å²) in [6.07, 6.45) is 6.16. The number of aryl methyl sites for hydroxylation is 1. The van der Waals surface area contributed by atoms with Gasteiger partial charge in [0, 0.05) is 25.7 Å². The zero-order valence-electron chi connectivity index (χ0n) is 11.6. The van der Waals surface area contributed by atoms with Crippen molar-refractivity contribution in [3.8, 4) is 0 Å². The van der Waals surface area contributed by atoms with E-state index in [1.807, 2.05) is 4.90 Å². The van der Waals surface area contributed by atoms with Crippen molar-refractivity contribution in [2.45, 2.75) is 32.7 Å². The van der Waals surface area contributed by atoms with Crippen LogP contribution in [0, 0.1) is 5.92 Å². The number of likely N-dealkylation sites (tertiary alicyclic amines) is 1. The van der Waals surface area contributed by atoms with E-state index in [-0.39, 0.29) is 5.91 Å². The van der Waals surface area contributed by atoms with E-state index in [4.69, 9.17) is 0 Å². The first-order valence-electron chi connectivity index (χ1n) is 7.12.